The maximum atomic E-state index is 10.1. The number of carboxylic acid groups (broad SMARTS) is 2. The van der Waals surface area contributed by atoms with Crippen LogP contribution in [0.15, 0.2) is 0 Å². The van der Waals surface area contributed by atoms with E-state index in [1.165, 1.54) is 0 Å². The summed E-state index contributed by atoms with van der Waals surface area (Å²) in [4.78, 5) is 19.4. The Morgan fingerprint density at radius 2 is 1.53 bits per heavy atom. The van der Waals surface area contributed by atoms with E-state index in [2.05, 4.69) is 5.73 Å². The number of aliphatic hydroxyl groups is 1. The number of halogens is 1. The molecule has 0 aromatic carbocycles. The predicted octanol–water partition coefficient (Wildman–Crippen LogP) is -1.02. The van der Waals surface area contributed by atoms with E-state index in [1.54, 1.807) is 0 Å². The Kier molecular flexibility index (Phi) is 12.9. The molecular formula is C9H22ClN2O5+. The van der Waals surface area contributed by atoms with E-state index >= 15 is 0 Å². The monoisotopic (exact) mass is 273 g/mol. The summed E-state index contributed by atoms with van der Waals surface area (Å²) in [6, 6.07) is 0. The average Bonchev–Trinajstić information content (AvgIpc) is 1.99. The zero-order valence-electron chi connectivity index (χ0n) is 10.3. The number of nitrogens with two attached hydrogens (primary N) is 1. The summed E-state index contributed by atoms with van der Waals surface area (Å²) in [7, 11) is 5.72. The molecule has 5 N–H and O–H groups in total. The van der Waals surface area contributed by atoms with Crippen molar-refractivity contribution in [2.45, 2.75) is 12.5 Å². The fourth-order valence-corrected chi connectivity index (χ4v) is 0.898. The Labute approximate surface area is 107 Å². The van der Waals surface area contributed by atoms with Gasteiger partial charge in [-0.3, -0.25) is 9.59 Å². The summed E-state index contributed by atoms with van der Waals surface area (Å²) in [6.45, 7) is 0.187. The molecule has 0 fully saturated rings. The molecule has 0 heterocycles. The third-order valence-electron chi connectivity index (χ3n) is 1.34. The van der Waals surface area contributed by atoms with Crippen molar-refractivity contribution in [2.24, 2.45) is 5.73 Å². The summed E-state index contributed by atoms with van der Waals surface area (Å²) in [5.41, 5.74) is 4.57. The molecule has 1 atom stereocenters. The van der Waals surface area contributed by atoms with Gasteiger partial charge < -0.3 is 25.5 Å². The van der Waals surface area contributed by atoms with E-state index in [9.17, 15) is 9.59 Å². The first-order chi connectivity index (χ1) is 7.08. The van der Waals surface area contributed by atoms with Crippen LogP contribution in [0.25, 0.3) is 0 Å². The van der Waals surface area contributed by atoms with E-state index in [0.717, 1.165) is 0 Å². The molecule has 0 aliphatic heterocycles. The lowest BCUT2D eigenvalue weighted by Crippen LogP contribution is -2.42. The zero-order chi connectivity index (χ0) is 13.4. The van der Waals surface area contributed by atoms with Crippen molar-refractivity contribution >= 4 is 24.3 Å². The topological polar surface area (TPSA) is 121 Å². The van der Waals surface area contributed by atoms with Crippen molar-refractivity contribution in [2.75, 3.05) is 34.2 Å². The predicted molar refractivity (Wildman–Crippen MR) is 65.1 cm³/mol. The maximum absolute atomic E-state index is 10.1. The molecule has 0 bridgehead atoms. The van der Waals surface area contributed by atoms with Crippen molar-refractivity contribution in [3.63, 3.8) is 0 Å². The van der Waals surface area contributed by atoms with E-state index in [-0.39, 0.29) is 25.4 Å². The number of rotatable bonds is 5. The van der Waals surface area contributed by atoms with Gasteiger partial charge in [-0.25, -0.2) is 0 Å². The Bertz CT molecular complexity index is 230. The van der Waals surface area contributed by atoms with Crippen LogP contribution in [0.4, 0.5) is 0 Å². The first-order valence-corrected chi connectivity index (χ1v) is 4.70. The average molecular weight is 274 g/mol. The second kappa shape index (κ2) is 10.3. The molecule has 7 nitrogen and oxygen atoms in total. The minimum Gasteiger partial charge on any atom is -0.481 e. The van der Waals surface area contributed by atoms with Crippen LogP contribution in [0.5, 0.6) is 0 Å². The molecule has 0 aromatic rings. The second-order valence-corrected chi connectivity index (χ2v) is 4.32. The van der Waals surface area contributed by atoms with Gasteiger partial charge in [-0.15, -0.1) is 12.4 Å². The Hall–Kier alpha value is -0.890. The van der Waals surface area contributed by atoms with Crippen LogP contribution in [0, 0.1) is 0 Å². The highest BCUT2D eigenvalue weighted by atomic mass is 35.5. The molecule has 0 radical (unpaired) electrons. The number of likely N-dealkylation sites (N-methyl/N-ethyl adjacent to an activating group) is 1. The van der Waals surface area contributed by atoms with Gasteiger partial charge in [-0.1, -0.05) is 0 Å². The highest BCUT2D eigenvalue weighted by Gasteiger charge is 2.17. The van der Waals surface area contributed by atoms with Gasteiger partial charge in [0, 0.05) is 0 Å². The molecule has 0 aliphatic carbocycles. The Morgan fingerprint density at radius 1 is 1.18 bits per heavy atom. The fourth-order valence-electron chi connectivity index (χ4n) is 0.898. The lowest BCUT2D eigenvalue weighted by atomic mass is 10.2. The Balaban J connectivity index is -0.000000280. The van der Waals surface area contributed by atoms with Crippen LogP contribution in [0.2, 0.25) is 0 Å². The van der Waals surface area contributed by atoms with Crippen molar-refractivity contribution in [3.8, 4) is 0 Å². The van der Waals surface area contributed by atoms with Gasteiger partial charge in [0.15, 0.2) is 0 Å². The van der Waals surface area contributed by atoms with Crippen LogP contribution in [-0.2, 0) is 9.59 Å². The number of quaternary nitrogens is 1. The zero-order valence-corrected chi connectivity index (χ0v) is 11.1. The third kappa shape index (κ3) is 25.4. The lowest BCUT2D eigenvalue weighted by molar-refractivity contribution is -0.873. The molecule has 0 unspecified atom stereocenters. The number of hydrogen-bond acceptors (Lipinski definition) is 4. The molecule has 0 aliphatic rings. The third-order valence-corrected chi connectivity index (χ3v) is 1.34. The highest BCUT2D eigenvalue weighted by molar-refractivity contribution is 5.85. The molecule has 0 rings (SSSR count). The number of aliphatic carboxylic acids is 2. The van der Waals surface area contributed by atoms with Crippen molar-refractivity contribution in [1.82, 2.24) is 0 Å². The van der Waals surface area contributed by atoms with Gasteiger partial charge in [0.1, 0.15) is 12.6 Å². The molecular weight excluding hydrogens is 252 g/mol. The fraction of sp³-hybridized carbons (Fsp3) is 0.778. The van der Waals surface area contributed by atoms with E-state index in [4.69, 9.17) is 15.3 Å². The van der Waals surface area contributed by atoms with Crippen LogP contribution in [0.3, 0.4) is 0 Å². The number of hydrogen-bond donors (Lipinski definition) is 4. The van der Waals surface area contributed by atoms with Gasteiger partial charge >= 0.3 is 11.9 Å². The summed E-state index contributed by atoms with van der Waals surface area (Å²) in [6.07, 6.45) is -0.914. The summed E-state index contributed by atoms with van der Waals surface area (Å²) >= 11 is 0. The molecule has 0 spiro atoms. The van der Waals surface area contributed by atoms with E-state index < -0.39 is 18.0 Å². The SMILES string of the molecule is C[N+](C)(C)C[C@@H](O)CC(=O)O.Cl.NCC(=O)O. The standard InChI is InChI=1S/C7H15NO3.C2H5NO2.ClH/c1-8(2,3)5-6(9)4-7(10)11;3-1-2(4)5;/h6,9H,4-5H2,1-3H3;1,3H2,(H,4,5);1H/p+1/t6-;;/m0../s1. The second-order valence-electron chi connectivity index (χ2n) is 4.32. The van der Waals surface area contributed by atoms with Crippen molar-refractivity contribution in [1.29, 1.82) is 0 Å². The van der Waals surface area contributed by atoms with E-state index in [1.807, 2.05) is 21.1 Å². The normalized spacial score (nSPS) is 11.6. The van der Waals surface area contributed by atoms with Gasteiger partial charge in [0.05, 0.1) is 34.1 Å². The van der Waals surface area contributed by atoms with E-state index in [0.29, 0.717) is 11.0 Å². The number of carboxylic acids is 2. The first-order valence-electron chi connectivity index (χ1n) is 4.70. The largest absolute Gasteiger partial charge is 0.481 e. The highest BCUT2D eigenvalue weighted by Crippen LogP contribution is 1.98. The summed E-state index contributed by atoms with van der Waals surface area (Å²) < 4.78 is 0.578. The Morgan fingerprint density at radius 3 is 1.71 bits per heavy atom. The number of carbonyl (C=O) groups is 2. The van der Waals surface area contributed by atoms with Crippen LogP contribution in [0.1, 0.15) is 6.42 Å². The van der Waals surface area contributed by atoms with Gasteiger partial charge in [-0.2, -0.15) is 0 Å². The molecule has 8 heteroatoms. The quantitative estimate of drug-likeness (QED) is 0.476. The van der Waals surface area contributed by atoms with Crippen LogP contribution < -0.4 is 5.73 Å². The number of nitrogens with zero attached hydrogens (tertiary/aromatic N) is 1. The molecule has 104 valence electrons. The molecule has 0 aromatic heterocycles. The maximum Gasteiger partial charge on any atom is 0.317 e. The smallest absolute Gasteiger partial charge is 0.317 e. The van der Waals surface area contributed by atoms with Crippen molar-refractivity contribution in [3.05, 3.63) is 0 Å². The van der Waals surface area contributed by atoms with Crippen LogP contribution in [-0.4, -0.2) is 72.1 Å². The molecule has 17 heavy (non-hydrogen) atoms. The van der Waals surface area contributed by atoms with Crippen molar-refractivity contribution < 1.29 is 29.4 Å². The van der Waals surface area contributed by atoms with Gasteiger partial charge in [-0.05, 0) is 0 Å². The van der Waals surface area contributed by atoms with Crippen LogP contribution >= 0.6 is 12.4 Å². The lowest BCUT2D eigenvalue weighted by Gasteiger charge is -2.25. The molecule has 0 saturated heterocycles. The minimum absolute atomic E-state index is 0. The molecule has 0 saturated carbocycles. The van der Waals surface area contributed by atoms with Gasteiger partial charge in [0.2, 0.25) is 0 Å². The molecule has 0 amide bonds. The first kappa shape index (κ1) is 21.4. The minimum atomic E-state index is -0.968. The number of aliphatic hydroxyl groups excluding tert-OH is 1. The van der Waals surface area contributed by atoms with Gasteiger partial charge in [0.25, 0.3) is 0 Å². The summed E-state index contributed by atoms with van der Waals surface area (Å²) in [5.74, 6) is -1.92. The summed E-state index contributed by atoms with van der Waals surface area (Å²) in [5, 5.41) is 25.1.